The second kappa shape index (κ2) is 4.30. The van der Waals surface area contributed by atoms with Gasteiger partial charge in [-0.2, -0.15) is 12.6 Å². The molecule has 2 N–H and O–H groups in total. The molecule has 2 atom stereocenters. The molecule has 1 aromatic carbocycles. The fourth-order valence-electron chi connectivity index (χ4n) is 0.968. The maximum absolute atomic E-state index is 10.5. The Balaban J connectivity index is 2.79. The van der Waals surface area contributed by atoms with Gasteiger partial charge in [-0.05, 0) is 5.56 Å². The molecule has 2 unspecified atom stereocenters. The van der Waals surface area contributed by atoms with Crippen molar-refractivity contribution in [3.63, 3.8) is 0 Å². The van der Waals surface area contributed by atoms with Gasteiger partial charge in [0.1, 0.15) is 11.4 Å². The van der Waals surface area contributed by atoms with Gasteiger partial charge in [-0.3, -0.25) is 4.79 Å². The van der Waals surface area contributed by atoms with Crippen LogP contribution in [0.15, 0.2) is 30.3 Å². The number of hydrogen-bond donors (Lipinski definition) is 3. The molecule has 4 heteroatoms. The van der Waals surface area contributed by atoms with Crippen LogP contribution in [0.4, 0.5) is 0 Å². The number of hydrogen-bond acceptors (Lipinski definition) is 3. The standard InChI is InChI=1S/C9H10O3S/c10-7(8(13)9(11)12)6-4-2-1-3-5-6/h1-5,7-8,10,13H,(H,11,12). The van der Waals surface area contributed by atoms with Crippen LogP contribution in [0.2, 0.25) is 0 Å². The Morgan fingerprint density at radius 1 is 1.31 bits per heavy atom. The number of carbonyl (C=O) groups is 1. The normalized spacial score (nSPS) is 14.9. The summed E-state index contributed by atoms with van der Waals surface area (Å²) in [6.07, 6.45) is -1.07. The van der Waals surface area contributed by atoms with Crippen LogP contribution < -0.4 is 0 Å². The summed E-state index contributed by atoms with van der Waals surface area (Å²) in [5.41, 5.74) is 0.560. The number of carboxylic acids is 1. The summed E-state index contributed by atoms with van der Waals surface area (Å²) < 4.78 is 0. The summed E-state index contributed by atoms with van der Waals surface area (Å²) in [6, 6.07) is 8.60. The largest absolute Gasteiger partial charge is 0.480 e. The highest BCUT2D eigenvalue weighted by Crippen LogP contribution is 2.20. The smallest absolute Gasteiger partial charge is 0.319 e. The molecular weight excluding hydrogens is 188 g/mol. The first-order chi connectivity index (χ1) is 6.13. The molecule has 0 saturated heterocycles. The zero-order valence-electron chi connectivity index (χ0n) is 6.79. The van der Waals surface area contributed by atoms with Crippen molar-refractivity contribution in [1.29, 1.82) is 0 Å². The molecule has 0 spiro atoms. The SMILES string of the molecule is O=C(O)C(S)C(O)c1ccccc1. The van der Waals surface area contributed by atoms with Gasteiger partial charge in [0.05, 0.1) is 0 Å². The third-order valence-electron chi connectivity index (χ3n) is 1.69. The Labute approximate surface area is 81.4 Å². The van der Waals surface area contributed by atoms with E-state index in [1.54, 1.807) is 30.3 Å². The van der Waals surface area contributed by atoms with Gasteiger partial charge in [0.25, 0.3) is 0 Å². The first-order valence-corrected chi connectivity index (χ1v) is 4.28. The molecule has 0 saturated carbocycles. The highest BCUT2D eigenvalue weighted by Gasteiger charge is 2.23. The van der Waals surface area contributed by atoms with E-state index in [2.05, 4.69) is 12.6 Å². The first kappa shape index (κ1) is 10.1. The molecular formula is C9H10O3S. The molecule has 3 nitrogen and oxygen atoms in total. The average Bonchev–Trinajstić information content (AvgIpc) is 2.17. The molecule has 0 aromatic heterocycles. The van der Waals surface area contributed by atoms with E-state index in [0.29, 0.717) is 5.56 Å². The van der Waals surface area contributed by atoms with Gasteiger partial charge in [0, 0.05) is 0 Å². The Bertz CT molecular complexity index is 286. The van der Waals surface area contributed by atoms with Gasteiger partial charge in [-0.25, -0.2) is 0 Å². The third kappa shape index (κ3) is 2.47. The van der Waals surface area contributed by atoms with Crippen LogP contribution in [0, 0.1) is 0 Å². The molecule has 1 rings (SSSR count). The molecule has 13 heavy (non-hydrogen) atoms. The minimum absolute atomic E-state index is 0.560. The maximum atomic E-state index is 10.5. The highest BCUT2D eigenvalue weighted by atomic mass is 32.1. The van der Waals surface area contributed by atoms with Crippen molar-refractivity contribution in [3.8, 4) is 0 Å². The van der Waals surface area contributed by atoms with Crippen molar-refractivity contribution in [1.82, 2.24) is 0 Å². The number of benzene rings is 1. The number of carboxylic acid groups (broad SMARTS) is 1. The zero-order chi connectivity index (χ0) is 9.84. The topological polar surface area (TPSA) is 57.5 Å². The summed E-state index contributed by atoms with van der Waals surface area (Å²) in [5, 5.41) is 17.0. The molecule has 0 radical (unpaired) electrons. The van der Waals surface area contributed by atoms with Crippen LogP contribution in [0.1, 0.15) is 11.7 Å². The number of aliphatic hydroxyl groups excluding tert-OH is 1. The lowest BCUT2D eigenvalue weighted by molar-refractivity contribution is -0.138. The summed E-state index contributed by atoms with van der Waals surface area (Å²) >= 11 is 3.78. The fourth-order valence-corrected chi connectivity index (χ4v) is 1.14. The van der Waals surface area contributed by atoms with E-state index in [-0.39, 0.29) is 0 Å². The molecule has 70 valence electrons. The second-order valence-electron chi connectivity index (χ2n) is 2.64. The van der Waals surface area contributed by atoms with Crippen molar-refractivity contribution in [3.05, 3.63) is 35.9 Å². The molecule has 0 fully saturated rings. The average molecular weight is 198 g/mol. The van der Waals surface area contributed by atoms with Crippen LogP contribution >= 0.6 is 12.6 Å². The molecule has 0 bridgehead atoms. The third-order valence-corrected chi connectivity index (χ3v) is 2.20. The molecule has 0 amide bonds. The van der Waals surface area contributed by atoms with E-state index in [4.69, 9.17) is 5.11 Å². The van der Waals surface area contributed by atoms with E-state index >= 15 is 0 Å². The van der Waals surface area contributed by atoms with Crippen LogP contribution in [0.5, 0.6) is 0 Å². The number of aliphatic carboxylic acids is 1. The fraction of sp³-hybridized carbons (Fsp3) is 0.222. The molecule has 0 aliphatic rings. The van der Waals surface area contributed by atoms with Crippen molar-refractivity contribution in [2.24, 2.45) is 0 Å². The van der Waals surface area contributed by atoms with Crippen LogP contribution in [-0.4, -0.2) is 21.4 Å². The summed E-state index contributed by atoms with van der Waals surface area (Å²) in [5.74, 6) is -1.13. The van der Waals surface area contributed by atoms with Crippen molar-refractivity contribution < 1.29 is 15.0 Å². The van der Waals surface area contributed by atoms with Gasteiger partial charge in [-0.15, -0.1) is 0 Å². The number of rotatable bonds is 3. The molecule has 0 heterocycles. The summed E-state index contributed by atoms with van der Waals surface area (Å²) in [7, 11) is 0. The maximum Gasteiger partial charge on any atom is 0.319 e. The van der Waals surface area contributed by atoms with Gasteiger partial charge < -0.3 is 10.2 Å². The van der Waals surface area contributed by atoms with Gasteiger partial charge >= 0.3 is 5.97 Å². The van der Waals surface area contributed by atoms with Crippen molar-refractivity contribution in [2.75, 3.05) is 0 Å². The van der Waals surface area contributed by atoms with Gasteiger partial charge in [0.15, 0.2) is 0 Å². The Morgan fingerprint density at radius 2 is 1.85 bits per heavy atom. The Hall–Kier alpha value is -1.00. The lowest BCUT2D eigenvalue weighted by atomic mass is 10.1. The molecule has 0 aliphatic heterocycles. The quantitative estimate of drug-likeness (QED) is 0.637. The summed E-state index contributed by atoms with van der Waals surface area (Å²) in [6.45, 7) is 0. The number of aliphatic hydroxyl groups is 1. The van der Waals surface area contributed by atoms with Crippen LogP contribution in [0.25, 0.3) is 0 Å². The minimum atomic E-state index is -1.13. The predicted molar refractivity (Wildman–Crippen MR) is 51.8 cm³/mol. The Morgan fingerprint density at radius 3 is 2.31 bits per heavy atom. The molecule has 1 aromatic rings. The van der Waals surface area contributed by atoms with Crippen molar-refractivity contribution in [2.45, 2.75) is 11.4 Å². The van der Waals surface area contributed by atoms with E-state index in [1.165, 1.54) is 0 Å². The van der Waals surface area contributed by atoms with E-state index in [9.17, 15) is 9.90 Å². The van der Waals surface area contributed by atoms with Crippen molar-refractivity contribution >= 4 is 18.6 Å². The highest BCUT2D eigenvalue weighted by molar-refractivity contribution is 7.81. The first-order valence-electron chi connectivity index (χ1n) is 3.77. The van der Waals surface area contributed by atoms with Crippen LogP contribution in [0.3, 0.4) is 0 Å². The lowest BCUT2D eigenvalue weighted by Crippen LogP contribution is -2.22. The number of thiol groups is 1. The minimum Gasteiger partial charge on any atom is -0.480 e. The zero-order valence-corrected chi connectivity index (χ0v) is 7.69. The van der Waals surface area contributed by atoms with Gasteiger partial charge in [0.2, 0.25) is 0 Å². The lowest BCUT2D eigenvalue weighted by Gasteiger charge is -2.13. The van der Waals surface area contributed by atoms with Crippen LogP contribution in [-0.2, 0) is 4.79 Å². The van der Waals surface area contributed by atoms with E-state index in [0.717, 1.165) is 0 Å². The second-order valence-corrected chi connectivity index (χ2v) is 3.19. The monoisotopic (exact) mass is 198 g/mol. The Kier molecular flexibility index (Phi) is 3.33. The van der Waals surface area contributed by atoms with Gasteiger partial charge in [-0.1, -0.05) is 30.3 Å². The van der Waals surface area contributed by atoms with E-state index < -0.39 is 17.3 Å². The molecule has 0 aliphatic carbocycles. The predicted octanol–water partition coefficient (Wildman–Crippen LogP) is 1.10. The van der Waals surface area contributed by atoms with E-state index in [1.807, 2.05) is 0 Å². The summed E-state index contributed by atoms with van der Waals surface area (Å²) in [4.78, 5) is 10.5.